The average Bonchev–Trinajstić information content (AvgIpc) is 3.16. The summed E-state index contributed by atoms with van der Waals surface area (Å²) in [5, 5.41) is 2.81. The number of Topliss-reactive ketones (excluding diaryl/α,β-unsaturated/α-hetero) is 1. The number of halogens is 1. The number of amides is 1. The second-order valence-electron chi connectivity index (χ2n) is 6.98. The van der Waals surface area contributed by atoms with Crippen LogP contribution in [0.1, 0.15) is 33.2 Å². The average molecular weight is 390 g/mol. The van der Waals surface area contributed by atoms with E-state index in [0.717, 1.165) is 16.7 Å². The van der Waals surface area contributed by atoms with Crippen molar-refractivity contribution < 1.29 is 18.7 Å². The van der Waals surface area contributed by atoms with Gasteiger partial charge in [0.15, 0.2) is 17.3 Å². The number of hydrogen-bond acceptors (Lipinski definition) is 4. The van der Waals surface area contributed by atoms with Gasteiger partial charge in [-0.1, -0.05) is 18.2 Å². The van der Waals surface area contributed by atoms with Crippen molar-refractivity contribution >= 4 is 11.7 Å². The fraction of sp³-hybridized carbons (Fsp3) is 0.174. The molecule has 1 atom stereocenters. The molecular formula is C23H19FN2O3. The zero-order valence-electron chi connectivity index (χ0n) is 15.8. The predicted molar refractivity (Wildman–Crippen MR) is 107 cm³/mol. The Labute approximate surface area is 167 Å². The van der Waals surface area contributed by atoms with Gasteiger partial charge in [-0.25, -0.2) is 4.39 Å². The lowest BCUT2D eigenvalue weighted by molar-refractivity contribution is 0.0931. The summed E-state index contributed by atoms with van der Waals surface area (Å²) in [6.45, 7) is 1.73. The first-order valence-corrected chi connectivity index (χ1v) is 9.30. The van der Waals surface area contributed by atoms with E-state index in [4.69, 9.17) is 4.74 Å². The second-order valence-corrected chi connectivity index (χ2v) is 6.98. The molecule has 0 aliphatic carbocycles. The molecule has 0 spiro atoms. The van der Waals surface area contributed by atoms with E-state index < -0.39 is 5.82 Å². The number of carbonyl (C=O) groups excluding carboxylic acids is 2. The summed E-state index contributed by atoms with van der Waals surface area (Å²) in [6.07, 6.45) is 3.52. The number of ether oxygens (including phenoxy) is 1. The third kappa shape index (κ3) is 4.01. The Morgan fingerprint density at radius 3 is 2.59 bits per heavy atom. The summed E-state index contributed by atoms with van der Waals surface area (Å²) >= 11 is 0. The van der Waals surface area contributed by atoms with Gasteiger partial charge in [0.25, 0.3) is 5.91 Å². The van der Waals surface area contributed by atoms with Crippen LogP contribution in [-0.4, -0.2) is 29.3 Å². The quantitative estimate of drug-likeness (QED) is 0.673. The molecule has 1 aliphatic rings. The summed E-state index contributed by atoms with van der Waals surface area (Å²) < 4.78 is 20.2. The smallest absolute Gasteiger partial charge is 0.251 e. The van der Waals surface area contributed by atoms with E-state index in [1.54, 1.807) is 42.7 Å². The monoisotopic (exact) mass is 390 g/mol. The third-order valence-corrected chi connectivity index (χ3v) is 4.89. The van der Waals surface area contributed by atoms with Gasteiger partial charge in [-0.2, -0.15) is 0 Å². The Balaban J connectivity index is 1.41. The standard InChI is InChI=1S/C23H19FN2O3/c1-14(27)15-4-6-16(7-5-15)23(28)26-13-20-10-19-9-18(11-21(24)22(19)29-20)17-3-2-8-25-12-17/h2-9,11-12,20H,10,13H2,1H3,(H,26,28). The maximum Gasteiger partial charge on any atom is 0.251 e. The van der Waals surface area contributed by atoms with E-state index in [0.29, 0.717) is 17.5 Å². The highest BCUT2D eigenvalue weighted by atomic mass is 19.1. The minimum Gasteiger partial charge on any atom is -0.485 e. The molecule has 1 aromatic heterocycles. The molecule has 0 radical (unpaired) electrons. The fourth-order valence-electron chi connectivity index (χ4n) is 3.37. The van der Waals surface area contributed by atoms with Crippen molar-refractivity contribution in [2.45, 2.75) is 19.4 Å². The van der Waals surface area contributed by atoms with Gasteiger partial charge < -0.3 is 10.1 Å². The highest BCUT2D eigenvalue weighted by Gasteiger charge is 2.27. The highest BCUT2D eigenvalue weighted by Crippen LogP contribution is 2.35. The van der Waals surface area contributed by atoms with Crippen LogP contribution in [0.25, 0.3) is 11.1 Å². The number of fused-ring (bicyclic) bond motifs is 1. The lowest BCUT2D eigenvalue weighted by Crippen LogP contribution is -2.34. The van der Waals surface area contributed by atoms with Gasteiger partial charge >= 0.3 is 0 Å². The molecule has 0 saturated carbocycles. The van der Waals surface area contributed by atoms with Crippen molar-refractivity contribution in [2.24, 2.45) is 0 Å². The lowest BCUT2D eigenvalue weighted by Gasteiger charge is -2.12. The van der Waals surface area contributed by atoms with Gasteiger partial charge in [-0.05, 0) is 42.8 Å². The summed E-state index contributed by atoms with van der Waals surface area (Å²) in [5.74, 6) is -0.504. The van der Waals surface area contributed by atoms with Crippen molar-refractivity contribution in [3.63, 3.8) is 0 Å². The molecule has 6 heteroatoms. The molecule has 4 rings (SSSR count). The molecule has 3 aromatic rings. The number of rotatable bonds is 5. The lowest BCUT2D eigenvalue weighted by atomic mass is 10.0. The minimum atomic E-state index is -0.421. The van der Waals surface area contributed by atoms with Crippen LogP contribution in [0.3, 0.4) is 0 Å². The van der Waals surface area contributed by atoms with Crippen LogP contribution in [0.15, 0.2) is 60.9 Å². The van der Waals surface area contributed by atoms with Crippen LogP contribution < -0.4 is 10.1 Å². The van der Waals surface area contributed by atoms with E-state index >= 15 is 0 Å². The Bertz CT molecular complexity index is 1070. The normalized spacial score (nSPS) is 14.8. The Kier molecular flexibility index (Phi) is 5.08. The molecule has 146 valence electrons. The number of benzene rings is 2. The molecule has 0 bridgehead atoms. The molecule has 5 nitrogen and oxygen atoms in total. The summed E-state index contributed by atoms with van der Waals surface area (Å²) in [6, 6.07) is 13.5. The van der Waals surface area contributed by atoms with Crippen LogP contribution in [0.5, 0.6) is 5.75 Å². The Morgan fingerprint density at radius 2 is 1.90 bits per heavy atom. The van der Waals surface area contributed by atoms with Crippen LogP contribution in [-0.2, 0) is 6.42 Å². The first-order chi connectivity index (χ1) is 14.0. The molecule has 0 saturated heterocycles. The van der Waals surface area contributed by atoms with E-state index in [2.05, 4.69) is 10.3 Å². The van der Waals surface area contributed by atoms with E-state index in [9.17, 15) is 14.0 Å². The summed E-state index contributed by atoms with van der Waals surface area (Å²) in [4.78, 5) is 27.7. The number of ketones is 1. The van der Waals surface area contributed by atoms with Crippen molar-refractivity contribution in [1.29, 1.82) is 0 Å². The molecule has 0 fully saturated rings. The van der Waals surface area contributed by atoms with Crippen LogP contribution >= 0.6 is 0 Å². The van der Waals surface area contributed by atoms with Gasteiger partial charge in [0.2, 0.25) is 0 Å². The van der Waals surface area contributed by atoms with E-state index in [-0.39, 0.29) is 30.1 Å². The summed E-state index contributed by atoms with van der Waals surface area (Å²) in [5.41, 5.74) is 3.36. The van der Waals surface area contributed by atoms with Crippen molar-refractivity contribution in [2.75, 3.05) is 6.54 Å². The molecule has 1 amide bonds. The zero-order valence-corrected chi connectivity index (χ0v) is 15.8. The van der Waals surface area contributed by atoms with E-state index in [1.807, 2.05) is 12.1 Å². The minimum absolute atomic E-state index is 0.0539. The number of nitrogens with one attached hydrogen (secondary N) is 1. The topological polar surface area (TPSA) is 68.3 Å². The largest absolute Gasteiger partial charge is 0.485 e. The fourth-order valence-corrected chi connectivity index (χ4v) is 3.37. The number of nitrogens with zero attached hydrogens (tertiary/aromatic N) is 1. The van der Waals surface area contributed by atoms with E-state index in [1.165, 1.54) is 13.0 Å². The number of hydrogen-bond donors (Lipinski definition) is 1. The predicted octanol–water partition coefficient (Wildman–Crippen LogP) is 3.82. The van der Waals surface area contributed by atoms with Gasteiger partial charge in [0.1, 0.15) is 6.10 Å². The van der Waals surface area contributed by atoms with Crippen LogP contribution in [0.2, 0.25) is 0 Å². The summed E-state index contributed by atoms with van der Waals surface area (Å²) in [7, 11) is 0. The molecule has 2 aromatic carbocycles. The third-order valence-electron chi connectivity index (χ3n) is 4.89. The molecule has 1 unspecified atom stereocenters. The first kappa shape index (κ1) is 18.8. The molecule has 1 N–H and O–H groups in total. The maximum absolute atomic E-state index is 14.5. The van der Waals surface area contributed by atoms with Gasteiger partial charge in [0, 0.05) is 41.1 Å². The highest BCUT2D eigenvalue weighted by molar-refractivity contribution is 5.97. The van der Waals surface area contributed by atoms with Crippen LogP contribution in [0, 0.1) is 5.82 Å². The van der Waals surface area contributed by atoms with Gasteiger partial charge in [-0.3, -0.25) is 14.6 Å². The van der Waals surface area contributed by atoms with Crippen molar-refractivity contribution in [3.05, 3.63) is 83.4 Å². The van der Waals surface area contributed by atoms with Crippen LogP contribution in [0.4, 0.5) is 4.39 Å². The van der Waals surface area contributed by atoms with Gasteiger partial charge in [-0.15, -0.1) is 0 Å². The molecule has 2 heterocycles. The Hall–Kier alpha value is -3.54. The van der Waals surface area contributed by atoms with Crippen molar-refractivity contribution in [3.8, 4) is 16.9 Å². The molecular weight excluding hydrogens is 371 g/mol. The number of aromatic nitrogens is 1. The number of pyridine rings is 1. The maximum atomic E-state index is 14.5. The number of carbonyl (C=O) groups is 2. The van der Waals surface area contributed by atoms with Gasteiger partial charge in [0.05, 0.1) is 6.54 Å². The SMILES string of the molecule is CC(=O)c1ccc(C(=O)NCC2Cc3cc(-c4cccnc4)cc(F)c3O2)cc1. The first-order valence-electron chi connectivity index (χ1n) is 9.30. The second kappa shape index (κ2) is 7.83. The Morgan fingerprint density at radius 1 is 1.14 bits per heavy atom. The molecule has 1 aliphatic heterocycles. The zero-order chi connectivity index (χ0) is 20.4. The molecule has 29 heavy (non-hydrogen) atoms. The van der Waals surface area contributed by atoms with Crippen molar-refractivity contribution in [1.82, 2.24) is 10.3 Å².